The lowest BCUT2D eigenvalue weighted by molar-refractivity contribution is -0.385. The van der Waals surface area contributed by atoms with Crippen molar-refractivity contribution in [2.24, 2.45) is 0 Å². The van der Waals surface area contributed by atoms with Crippen molar-refractivity contribution in [3.05, 3.63) is 39.4 Å². The van der Waals surface area contributed by atoms with Crippen molar-refractivity contribution in [1.82, 2.24) is 0 Å². The van der Waals surface area contributed by atoms with E-state index in [0.29, 0.717) is 13.0 Å². The number of carbonyl (C=O) groups excluding carboxylic acids is 1. The Balaban J connectivity index is 2.10. The monoisotopic (exact) mass is 353 g/mol. The molecular formula is C18H24ClNO4. The van der Waals surface area contributed by atoms with Crippen LogP contribution in [0.2, 0.25) is 0 Å². The molecule has 132 valence electrons. The number of nitrogens with zero attached hydrogens (tertiary/aromatic N) is 1. The van der Waals surface area contributed by atoms with E-state index in [1.807, 2.05) is 12.1 Å². The molecule has 1 aliphatic rings. The molecule has 0 aliphatic heterocycles. The smallest absolute Gasteiger partial charge is 0.307 e. The summed E-state index contributed by atoms with van der Waals surface area (Å²) in [6.07, 6.45) is 6.02. The average molecular weight is 354 g/mol. The lowest BCUT2D eigenvalue weighted by Crippen LogP contribution is -2.14. The van der Waals surface area contributed by atoms with Crippen LogP contribution in [-0.4, -0.2) is 22.9 Å². The number of halogens is 1. The largest absolute Gasteiger partial charge is 0.466 e. The van der Waals surface area contributed by atoms with Crippen molar-refractivity contribution in [3.63, 3.8) is 0 Å². The van der Waals surface area contributed by atoms with Crippen LogP contribution in [0.15, 0.2) is 18.2 Å². The van der Waals surface area contributed by atoms with Gasteiger partial charge in [0.15, 0.2) is 0 Å². The van der Waals surface area contributed by atoms with Gasteiger partial charge >= 0.3 is 5.97 Å². The lowest BCUT2D eigenvalue weighted by Gasteiger charge is -2.22. The van der Waals surface area contributed by atoms with Gasteiger partial charge in [-0.15, -0.1) is 11.6 Å². The number of hydrogen-bond donors (Lipinski definition) is 0. The Morgan fingerprint density at radius 2 is 2.08 bits per heavy atom. The topological polar surface area (TPSA) is 69.4 Å². The van der Waals surface area contributed by atoms with E-state index in [1.54, 1.807) is 13.0 Å². The zero-order chi connectivity index (χ0) is 17.5. The lowest BCUT2D eigenvalue weighted by atomic mass is 9.83. The minimum Gasteiger partial charge on any atom is -0.466 e. The number of alkyl halides is 1. The van der Waals surface area contributed by atoms with Crippen molar-refractivity contribution in [2.45, 2.75) is 63.2 Å². The Morgan fingerprint density at radius 1 is 1.38 bits per heavy atom. The van der Waals surface area contributed by atoms with Gasteiger partial charge in [-0.25, -0.2) is 0 Å². The maximum Gasteiger partial charge on any atom is 0.307 e. The SMILES string of the molecule is CCOC(=O)CC(Cl)Cc1ccc(C2CCCCC2)c([N+](=O)[O-])c1. The first-order valence-corrected chi connectivity index (χ1v) is 9.01. The average Bonchev–Trinajstić information content (AvgIpc) is 2.55. The molecule has 1 fully saturated rings. The second-order valence-corrected chi connectivity index (χ2v) is 6.91. The first kappa shape index (κ1) is 18.7. The van der Waals surface area contributed by atoms with Gasteiger partial charge in [0, 0.05) is 17.0 Å². The quantitative estimate of drug-likeness (QED) is 0.307. The number of rotatable bonds is 7. The fourth-order valence-electron chi connectivity index (χ4n) is 3.36. The molecule has 1 atom stereocenters. The Bertz CT molecular complexity index is 584. The highest BCUT2D eigenvalue weighted by Gasteiger charge is 2.24. The molecule has 1 aliphatic carbocycles. The first-order chi connectivity index (χ1) is 11.5. The summed E-state index contributed by atoms with van der Waals surface area (Å²) in [6.45, 7) is 2.07. The van der Waals surface area contributed by atoms with Gasteiger partial charge in [0.1, 0.15) is 0 Å². The minimum atomic E-state index is -0.427. The second-order valence-electron chi connectivity index (χ2n) is 6.30. The van der Waals surface area contributed by atoms with E-state index in [2.05, 4.69) is 0 Å². The van der Waals surface area contributed by atoms with Crippen LogP contribution in [0, 0.1) is 10.1 Å². The van der Waals surface area contributed by atoms with Gasteiger partial charge in [0.25, 0.3) is 5.69 Å². The van der Waals surface area contributed by atoms with Gasteiger partial charge in [-0.3, -0.25) is 14.9 Å². The van der Waals surface area contributed by atoms with E-state index in [-0.39, 0.29) is 28.9 Å². The summed E-state index contributed by atoms with van der Waals surface area (Å²) in [5.74, 6) is -0.0645. The molecule has 24 heavy (non-hydrogen) atoms. The highest BCUT2D eigenvalue weighted by molar-refractivity contribution is 6.21. The molecule has 0 bridgehead atoms. The van der Waals surface area contributed by atoms with Crippen LogP contribution in [0.25, 0.3) is 0 Å². The third kappa shape index (κ3) is 5.20. The summed E-state index contributed by atoms with van der Waals surface area (Å²) in [6, 6.07) is 5.39. The van der Waals surface area contributed by atoms with Crippen LogP contribution >= 0.6 is 11.6 Å². The summed E-state index contributed by atoms with van der Waals surface area (Å²) in [5.41, 5.74) is 1.80. The number of nitro groups is 1. The van der Waals surface area contributed by atoms with Gasteiger partial charge in [-0.05, 0) is 37.7 Å². The number of esters is 1. The van der Waals surface area contributed by atoms with E-state index < -0.39 is 5.38 Å². The van der Waals surface area contributed by atoms with Gasteiger partial charge < -0.3 is 4.74 Å². The molecule has 1 aromatic carbocycles. The molecular weight excluding hydrogens is 330 g/mol. The Hall–Kier alpha value is -1.62. The van der Waals surface area contributed by atoms with Crippen LogP contribution in [0.1, 0.15) is 62.5 Å². The third-order valence-electron chi connectivity index (χ3n) is 4.49. The molecule has 5 nitrogen and oxygen atoms in total. The first-order valence-electron chi connectivity index (χ1n) is 8.58. The van der Waals surface area contributed by atoms with Crippen LogP contribution in [0.4, 0.5) is 5.69 Å². The molecule has 1 unspecified atom stereocenters. The molecule has 2 rings (SSSR count). The zero-order valence-corrected chi connectivity index (χ0v) is 14.8. The molecule has 0 spiro atoms. The summed E-state index contributed by atoms with van der Waals surface area (Å²) in [7, 11) is 0. The summed E-state index contributed by atoms with van der Waals surface area (Å²) < 4.78 is 4.88. The van der Waals surface area contributed by atoms with Crippen molar-refractivity contribution in [3.8, 4) is 0 Å². The maximum atomic E-state index is 11.5. The maximum absolute atomic E-state index is 11.5. The number of carbonyl (C=O) groups is 1. The Morgan fingerprint density at radius 3 is 2.71 bits per heavy atom. The van der Waals surface area contributed by atoms with Gasteiger partial charge in [0.2, 0.25) is 0 Å². The second kappa shape index (κ2) is 9.02. The molecule has 1 saturated carbocycles. The van der Waals surface area contributed by atoms with Crippen molar-refractivity contribution in [2.75, 3.05) is 6.61 Å². The molecule has 0 radical (unpaired) electrons. The van der Waals surface area contributed by atoms with Crippen LogP contribution < -0.4 is 0 Å². The molecule has 0 aromatic heterocycles. The molecule has 6 heteroatoms. The van der Waals surface area contributed by atoms with Gasteiger partial charge in [-0.1, -0.05) is 31.4 Å². The van der Waals surface area contributed by atoms with Crippen molar-refractivity contribution < 1.29 is 14.5 Å². The Labute approximate surface area is 147 Å². The highest BCUT2D eigenvalue weighted by atomic mass is 35.5. The van der Waals surface area contributed by atoms with Crippen LogP contribution in [0.5, 0.6) is 0 Å². The van der Waals surface area contributed by atoms with Crippen molar-refractivity contribution >= 4 is 23.3 Å². The highest BCUT2D eigenvalue weighted by Crippen LogP contribution is 2.37. The normalized spacial score (nSPS) is 16.6. The minimum absolute atomic E-state index is 0.105. The molecule has 1 aromatic rings. The summed E-state index contributed by atoms with van der Waals surface area (Å²) >= 11 is 6.20. The predicted molar refractivity (Wildman–Crippen MR) is 93.5 cm³/mol. The van der Waals surface area contributed by atoms with Crippen LogP contribution in [-0.2, 0) is 16.0 Å². The summed E-state index contributed by atoms with van der Waals surface area (Å²) in [5, 5.41) is 11.0. The Kier molecular flexibility index (Phi) is 7.03. The molecule has 0 saturated heterocycles. The van der Waals surface area contributed by atoms with E-state index in [9.17, 15) is 14.9 Å². The molecule has 0 N–H and O–H groups in total. The fraction of sp³-hybridized carbons (Fsp3) is 0.611. The molecule has 0 heterocycles. The number of nitro benzene ring substituents is 1. The fourth-order valence-corrected chi connectivity index (χ4v) is 3.67. The van der Waals surface area contributed by atoms with Crippen LogP contribution in [0.3, 0.4) is 0 Å². The predicted octanol–water partition coefficient (Wildman–Crippen LogP) is 4.75. The number of benzene rings is 1. The van der Waals surface area contributed by atoms with E-state index in [1.165, 1.54) is 6.42 Å². The standard InChI is InChI=1S/C18H24ClNO4/c1-2-24-18(21)12-15(19)10-13-8-9-16(17(11-13)20(22)23)14-6-4-3-5-7-14/h8-9,11,14-15H,2-7,10,12H2,1H3. The number of hydrogen-bond acceptors (Lipinski definition) is 4. The van der Waals surface area contributed by atoms with Gasteiger partial charge in [-0.2, -0.15) is 0 Å². The third-order valence-corrected chi connectivity index (χ3v) is 4.80. The summed E-state index contributed by atoms with van der Waals surface area (Å²) in [4.78, 5) is 22.6. The molecule has 0 amide bonds. The van der Waals surface area contributed by atoms with Crippen molar-refractivity contribution in [1.29, 1.82) is 0 Å². The number of ether oxygens (including phenoxy) is 1. The van der Waals surface area contributed by atoms with E-state index >= 15 is 0 Å². The van der Waals surface area contributed by atoms with E-state index in [0.717, 1.165) is 36.8 Å². The van der Waals surface area contributed by atoms with Gasteiger partial charge in [0.05, 0.1) is 18.0 Å². The van der Waals surface area contributed by atoms with E-state index in [4.69, 9.17) is 16.3 Å². The zero-order valence-electron chi connectivity index (χ0n) is 14.0.